The smallest absolute Gasteiger partial charge is 0.329 e. The van der Waals surface area contributed by atoms with Gasteiger partial charge in [-0.05, 0) is 73.6 Å². The molecule has 0 bridgehead atoms. The Morgan fingerprint density at radius 1 is 0.803 bits per heavy atom. The van der Waals surface area contributed by atoms with Gasteiger partial charge < -0.3 is 61.8 Å². The summed E-state index contributed by atoms with van der Waals surface area (Å²) in [7, 11) is 2.79. The Morgan fingerprint density at radius 3 is 1.96 bits per heavy atom. The molecule has 2 aliphatic heterocycles. The number of aliphatic hydroxyl groups is 1. The number of amides is 8. The van der Waals surface area contributed by atoms with Gasteiger partial charge in [-0.2, -0.15) is 0 Å². The first-order chi connectivity index (χ1) is 33.4. The number of hydrogen-bond donors (Lipinski definition) is 8. The van der Waals surface area contributed by atoms with E-state index >= 15 is 0 Å². The molecule has 2 fully saturated rings. The third-order valence-electron chi connectivity index (χ3n) is 12.5. The lowest BCUT2D eigenvalue weighted by Gasteiger charge is -2.35. The number of cyclic esters (lactones) is 1. The molecular formula is C50H72N8O13. The van der Waals surface area contributed by atoms with Crippen molar-refractivity contribution in [1.29, 1.82) is 0 Å². The van der Waals surface area contributed by atoms with Crippen molar-refractivity contribution in [2.75, 3.05) is 14.2 Å². The van der Waals surface area contributed by atoms with Gasteiger partial charge in [0.15, 0.2) is 0 Å². The Kier molecular flexibility index (Phi) is 20.9. The predicted molar refractivity (Wildman–Crippen MR) is 258 cm³/mol. The highest BCUT2D eigenvalue weighted by atomic mass is 16.5. The number of ether oxygens (including phenoxy) is 2. The van der Waals surface area contributed by atoms with Crippen LogP contribution in [0.15, 0.2) is 54.6 Å². The number of phenolic OH excluding ortho intramolecular Hbond substituents is 1. The van der Waals surface area contributed by atoms with E-state index < -0.39 is 126 Å². The fourth-order valence-electron chi connectivity index (χ4n) is 8.65. The van der Waals surface area contributed by atoms with E-state index in [9.17, 15) is 53.4 Å². The van der Waals surface area contributed by atoms with Crippen LogP contribution in [-0.4, -0.2) is 148 Å². The van der Waals surface area contributed by atoms with Gasteiger partial charge in [-0.3, -0.25) is 38.4 Å². The Labute approximate surface area is 414 Å². The fraction of sp³-hybridized carbons (Fsp3) is 0.580. The number of rotatable bonds is 16. The Balaban J connectivity index is 1.83. The summed E-state index contributed by atoms with van der Waals surface area (Å²) >= 11 is 0. The maximum Gasteiger partial charge on any atom is 0.329 e. The highest BCUT2D eigenvalue weighted by molar-refractivity contribution is 5.99. The van der Waals surface area contributed by atoms with Crippen LogP contribution >= 0.6 is 0 Å². The van der Waals surface area contributed by atoms with Gasteiger partial charge in [0.25, 0.3) is 0 Å². The van der Waals surface area contributed by atoms with Gasteiger partial charge >= 0.3 is 5.97 Å². The second-order valence-electron chi connectivity index (χ2n) is 19.5. The van der Waals surface area contributed by atoms with Crippen molar-refractivity contribution in [3.63, 3.8) is 0 Å². The molecular weight excluding hydrogens is 921 g/mol. The van der Waals surface area contributed by atoms with E-state index in [-0.39, 0.29) is 56.1 Å². The summed E-state index contributed by atoms with van der Waals surface area (Å²) in [6, 6.07) is 4.48. The lowest BCUT2D eigenvalue weighted by Crippen LogP contribution is -2.62. The first-order valence-corrected chi connectivity index (χ1v) is 24.0. The number of nitrogens with two attached hydrogens (primary N) is 1. The summed E-state index contributed by atoms with van der Waals surface area (Å²) in [4.78, 5) is 130. The number of aromatic hydroxyl groups is 1. The number of methoxy groups -OCH3 is 1. The molecule has 4 rings (SSSR count). The van der Waals surface area contributed by atoms with Crippen LogP contribution in [-0.2, 0) is 65.5 Å². The number of primary amides is 1. The van der Waals surface area contributed by atoms with Gasteiger partial charge in [-0.25, -0.2) is 4.79 Å². The van der Waals surface area contributed by atoms with Gasteiger partial charge in [0.1, 0.15) is 66.5 Å². The molecule has 21 nitrogen and oxygen atoms in total. The second-order valence-corrected chi connectivity index (χ2v) is 19.5. The van der Waals surface area contributed by atoms with Crippen LogP contribution in [0.3, 0.4) is 0 Å². The Hall–Kier alpha value is -6.61. The van der Waals surface area contributed by atoms with Crippen LogP contribution < -0.4 is 32.3 Å². The maximum atomic E-state index is 14.9. The number of carbonyl (C=O) groups excluding carboxylic acids is 9. The van der Waals surface area contributed by atoms with Crippen molar-refractivity contribution in [2.45, 2.75) is 154 Å². The number of likely N-dealkylation sites (N-methyl/N-ethyl adjacent to an activating group) is 1. The summed E-state index contributed by atoms with van der Waals surface area (Å²) in [5.74, 6) is -9.23. The summed E-state index contributed by atoms with van der Waals surface area (Å²) in [5, 5.41) is 33.4. The van der Waals surface area contributed by atoms with Crippen LogP contribution in [0.25, 0.3) is 0 Å². The molecule has 9 N–H and O–H groups in total. The van der Waals surface area contributed by atoms with Gasteiger partial charge in [0.05, 0.1) is 6.42 Å². The second kappa shape index (κ2) is 26.0. The largest absolute Gasteiger partial charge is 0.508 e. The minimum absolute atomic E-state index is 0.00344. The maximum absolute atomic E-state index is 14.9. The molecule has 0 aromatic heterocycles. The first kappa shape index (κ1) is 57.0. The van der Waals surface area contributed by atoms with E-state index in [1.165, 1.54) is 55.1 Å². The molecule has 21 heteroatoms. The fourth-order valence-corrected chi connectivity index (χ4v) is 8.65. The number of phenols is 1. The molecule has 2 aromatic carbocycles. The summed E-state index contributed by atoms with van der Waals surface area (Å²) in [6.45, 7) is 11.8. The van der Waals surface area contributed by atoms with Crippen LogP contribution in [0.5, 0.6) is 5.75 Å². The SMILES string of the molecule is CO[C@H]1CC[C@@H]2C(=O)N[C@H](CC(C)C)C(=O)N(C)[C@H](Cc3ccccc3)C(=O)N[C@@H](C(C)C)C(=O)O[C@H](C)[C@@H](NC(=O)[C@H](CC(N)=O)NC(=O)[C@H](O)Cc3ccc(O)cc3)C(=O)N[C@H](CC(C)C)C(=O)N12. The van der Waals surface area contributed by atoms with Crippen LogP contribution in [0.2, 0.25) is 0 Å². The van der Waals surface area contributed by atoms with E-state index in [1.807, 2.05) is 13.8 Å². The lowest BCUT2D eigenvalue weighted by atomic mass is 9.98. The molecule has 2 heterocycles. The number of aliphatic hydroxyl groups excluding tert-OH is 1. The molecule has 0 saturated carbocycles. The van der Waals surface area contributed by atoms with Crippen molar-refractivity contribution in [1.82, 2.24) is 36.4 Å². The van der Waals surface area contributed by atoms with E-state index in [1.54, 1.807) is 58.0 Å². The number of esters is 1. The Morgan fingerprint density at radius 2 is 1.39 bits per heavy atom. The van der Waals surface area contributed by atoms with Crippen molar-refractivity contribution >= 4 is 53.2 Å². The highest BCUT2D eigenvalue weighted by Gasteiger charge is 2.46. The molecule has 0 spiro atoms. The molecule has 2 aromatic rings. The summed E-state index contributed by atoms with van der Waals surface area (Å²) < 4.78 is 11.6. The third-order valence-corrected chi connectivity index (χ3v) is 12.5. The van der Waals surface area contributed by atoms with Crippen LogP contribution in [0.1, 0.15) is 91.7 Å². The van der Waals surface area contributed by atoms with Crippen molar-refractivity contribution in [2.24, 2.45) is 23.5 Å². The van der Waals surface area contributed by atoms with Crippen molar-refractivity contribution in [3.05, 3.63) is 65.7 Å². The van der Waals surface area contributed by atoms with Crippen LogP contribution in [0, 0.1) is 17.8 Å². The minimum atomic E-state index is -1.86. The lowest BCUT2D eigenvalue weighted by molar-refractivity contribution is -0.158. The van der Waals surface area contributed by atoms with Gasteiger partial charge in [0, 0.05) is 27.0 Å². The molecule has 390 valence electrons. The van der Waals surface area contributed by atoms with Crippen LogP contribution in [0.4, 0.5) is 0 Å². The molecule has 0 radical (unpaired) electrons. The summed E-state index contributed by atoms with van der Waals surface area (Å²) in [6.07, 6.45) is -4.86. The van der Waals surface area contributed by atoms with Gasteiger partial charge in [0.2, 0.25) is 47.3 Å². The molecule has 2 aliphatic rings. The zero-order valence-corrected chi connectivity index (χ0v) is 42.0. The molecule has 0 unspecified atom stereocenters. The number of nitrogens with zero attached hydrogens (tertiary/aromatic N) is 2. The minimum Gasteiger partial charge on any atom is -0.508 e. The monoisotopic (exact) mass is 993 g/mol. The zero-order chi connectivity index (χ0) is 52.9. The molecule has 0 aliphatic carbocycles. The molecule has 2 saturated heterocycles. The average molecular weight is 993 g/mol. The number of benzene rings is 2. The normalized spacial score (nSPS) is 25.0. The topological polar surface area (TPSA) is 305 Å². The van der Waals surface area contributed by atoms with Crippen molar-refractivity contribution in [3.8, 4) is 5.75 Å². The number of fused-ring (bicyclic) bond motifs is 1. The van der Waals surface area contributed by atoms with Gasteiger partial charge in [-0.15, -0.1) is 0 Å². The average Bonchev–Trinajstić information content (AvgIpc) is 3.74. The molecule has 10 atom stereocenters. The molecule has 8 amide bonds. The molecule has 71 heavy (non-hydrogen) atoms. The van der Waals surface area contributed by atoms with Crippen molar-refractivity contribution < 1.29 is 62.8 Å². The standard InChI is InChI=1S/C50H72N8O13/c1-26(2)21-34-48(67)57(8)37(23-30-13-11-10-12-14-30)45(64)55-41(28(5)6)50(69)71-29(7)42(47(66)54-35(22-27(3)4)49(68)58-36(44(63)53-34)19-20-40(58)70-9)56-43(62)33(25-39(51)61)52-46(65)38(60)24-31-15-17-32(59)18-16-31/h10-18,26-29,33-38,40-42,59-60H,19-25H2,1-9H3,(H2,51,61)(H,52,65)(H,53,63)(H,54,66)(H,55,64)(H,56,62)/t29-,33+,34-,35-,36-,37-,38-,40+,41+,42-/m1/s1. The number of nitrogens with one attached hydrogen (secondary N) is 5. The quantitative estimate of drug-likeness (QED) is 0.105. The van der Waals surface area contributed by atoms with E-state index in [0.717, 1.165) is 0 Å². The highest BCUT2D eigenvalue weighted by Crippen LogP contribution is 2.28. The number of carbonyl (C=O) groups is 9. The number of hydrogen-bond acceptors (Lipinski definition) is 13. The predicted octanol–water partition coefficient (Wildman–Crippen LogP) is 0.322. The van der Waals surface area contributed by atoms with E-state index in [4.69, 9.17) is 15.2 Å². The third kappa shape index (κ3) is 15.9. The summed E-state index contributed by atoms with van der Waals surface area (Å²) in [5.41, 5.74) is 6.61. The van der Waals surface area contributed by atoms with E-state index in [2.05, 4.69) is 26.6 Å². The van der Waals surface area contributed by atoms with E-state index in [0.29, 0.717) is 11.1 Å². The Bertz CT molecular complexity index is 2210. The first-order valence-electron chi connectivity index (χ1n) is 24.0. The van der Waals surface area contributed by atoms with Gasteiger partial charge in [-0.1, -0.05) is 84.0 Å². The zero-order valence-electron chi connectivity index (χ0n) is 42.0.